The summed E-state index contributed by atoms with van der Waals surface area (Å²) >= 11 is 0. The largest absolute Gasteiger partial charge is 0.460 e. The third-order valence-electron chi connectivity index (χ3n) is 15.9. The van der Waals surface area contributed by atoms with Crippen molar-refractivity contribution < 1.29 is 67.4 Å². The molecule has 3 aliphatic heterocycles. The predicted molar refractivity (Wildman–Crippen MR) is 288 cm³/mol. The van der Waals surface area contributed by atoms with E-state index in [1.807, 2.05) is 58.1 Å². The van der Waals surface area contributed by atoms with Gasteiger partial charge in [-0.2, -0.15) is 0 Å². The second kappa shape index (κ2) is 30.5. The normalized spacial score (nSPS) is 35.9. The number of rotatable bonds is 9. The van der Waals surface area contributed by atoms with Gasteiger partial charge >= 0.3 is 12.1 Å². The fourth-order valence-corrected chi connectivity index (χ4v) is 11.1. The minimum absolute atomic E-state index is 0. The first-order valence-electron chi connectivity index (χ1n) is 27.0. The maximum Gasteiger partial charge on any atom is 0.407 e. The van der Waals surface area contributed by atoms with Crippen LogP contribution < -0.4 is 5.32 Å². The zero-order valence-electron chi connectivity index (χ0n) is 46.4. The molecule has 3 N–H and O–H groups in total. The molecule has 4 aliphatic rings. The summed E-state index contributed by atoms with van der Waals surface area (Å²) in [4.78, 5) is 89.5. The van der Waals surface area contributed by atoms with E-state index in [1.165, 1.54) is 12.0 Å². The lowest BCUT2D eigenvalue weighted by atomic mass is 9.78. The van der Waals surface area contributed by atoms with E-state index >= 15 is 0 Å². The second-order valence-corrected chi connectivity index (χ2v) is 21.7. The fourth-order valence-electron chi connectivity index (χ4n) is 11.1. The number of alkyl carbamates (subject to hydrolysis) is 1. The minimum atomic E-state index is -2.46. The molecule has 5 rings (SSSR count). The molecule has 76 heavy (non-hydrogen) atoms. The third-order valence-corrected chi connectivity index (χ3v) is 15.9. The number of carbonyl (C=O) groups is 6. The number of allylic oxidation sites excluding steroid dienone is 6. The van der Waals surface area contributed by atoms with Gasteiger partial charge in [0.2, 0.25) is 5.79 Å². The number of nitrogens with one attached hydrogen (secondary N) is 1. The van der Waals surface area contributed by atoms with Crippen molar-refractivity contribution in [1.82, 2.24) is 15.2 Å². The number of hydrogen-bond acceptors (Lipinski definition) is 15. The molecule has 1 aliphatic carbocycles. The van der Waals surface area contributed by atoms with Crippen LogP contribution in [-0.2, 0) is 58.9 Å². The number of aromatic nitrogens is 1. The number of hydrogen-bond donors (Lipinski definition) is 3. The first-order valence-corrected chi connectivity index (χ1v) is 27.0. The molecule has 17 nitrogen and oxygen atoms in total. The summed E-state index contributed by atoms with van der Waals surface area (Å²) in [5, 5.41) is 26.3. The summed E-state index contributed by atoms with van der Waals surface area (Å²) in [6, 6.07) is 2.42. The Labute approximate surface area is 456 Å². The molecule has 1 unspecified atom stereocenters. The Morgan fingerprint density at radius 2 is 1.61 bits per heavy atom. The summed E-state index contributed by atoms with van der Waals surface area (Å²) in [7, 11) is 4.51. The van der Waals surface area contributed by atoms with Crippen LogP contribution in [-0.4, -0.2) is 138 Å². The average molecular weight is 1080 g/mol. The maximum atomic E-state index is 14.6. The van der Waals surface area contributed by atoms with Gasteiger partial charge in [-0.15, -0.1) is 12.4 Å². The van der Waals surface area contributed by atoms with E-state index in [4.69, 9.17) is 28.4 Å². The van der Waals surface area contributed by atoms with Gasteiger partial charge in [0.15, 0.2) is 5.78 Å². The fraction of sp³-hybridized carbons (Fsp3) is 0.672. The monoisotopic (exact) mass is 1080 g/mol. The highest BCUT2D eigenvalue weighted by atomic mass is 35.5. The summed E-state index contributed by atoms with van der Waals surface area (Å²) in [6.07, 6.45) is 13.3. The van der Waals surface area contributed by atoms with Crippen molar-refractivity contribution in [3.8, 4) is 0 Å². The lowest BCUT2D eigenvalue weighted by molar-refractivity contribution is -0.265. The number of pyridine rings is 1. The minimum Gasteiger partial charge on any atom is -0.460 e. The van der Waals surface area contributed by atoms with Crippen molar-refractivity contribution in [2.75, 3.05) is 27.9 Å². The molecule has 1 aromatic rings. The summed E-state index contributed by atoms with van der Waals surface area (Å²) in [5.41, 5.74) is 2.11. The molecule has 15 atom stereocenters. The number of cyclic esters (lactones) is 1. The smallest absolute Gasteiger partial charge is 0.407 e. The number of ketones is 3. The van der Waals surface area contributed by atoms with Gasteiger partial charge in [-0.25, -0.2) is 9.59 Å². The van der Waals surface area contributed by atoms with Gasteiger partial charge in [0.25, 0.3) is 11.7 Å². The van der Waals surface area contributed by atoms with Crippen LogP contribution in [0, 0.1) is 35.5 Å². The molecule has 2 saturated heterocycles. The quantitative estimate of drug-likeness (QED) is 0.121. The maximum absolute atomic E-state index is 14.6. The first kappa shape index (κ1) is 63.9. The van der Waals surface area contributed by atoms with Gasteiger partial charge in [0.05, 0.1) is 18.3 Å². The number of amides is 2. The van der Waals surface area contributed by atoms with Crippen molar-refractivity contribution in [2.45, 2.75) is 187 Å². The van der Waals surface area contributed by atoms with Crippen LogP contribution in [0.1, 0.15) is 131 Å². The Balaban J connectivity index is 0.0000125. The lowest BCUT2D eigenvalue weighted by Gasteiger charge is -2.42. The third kappa shape index (κ3) is 17.4. The molecule has 2 bridgehead atoms. The number of aliphatic hydroxyl groups excluding tert-OH is 1. The molecule has 2 amide bonds. The van der Waals surface area contributed by atoms with Gasteiger partial charge in [-0.1, -0.05) is 71.1 Å². The number of piperidine rings is 1. The number of esters is 1. The summed E-state index contributed by atoms with van der Waals surface area (Å²) in [6.45, 7) is 12.9. The number of nitrogens with zero attached hydrogens (tertiary/aromatic N) is 2. The standard InChI is InChI=1S/C58H85N3O14.ClH/c1-35-16-12-11-13-17-36(2)48(70-8)32-44-21-19-41(7)58(69,75-44)54(65)55(66)61-27-15-14-18-45(61)56(67)73-49(33-46(62)37(3)29-40(6)52(64)53(72-10)51(63)39(5)28-35)38(4)30-43-20-22-47(50(31-43)71-9)74-57(68)60-34-42-23-25-59-26-24-42;/h11-13,16-17,23-26,29,35,37-39,41,43-45,47-50,52-53,64,69H,14-15,18-22,27-28,30-34H2,1-10H3,(H,60,68);1H/b13-11+,16-12-,36-17+,40-29+;/t35-,37-,38-,39-,41-,43?,44+,45+,47+,48+,49+,50+,52-,53+,58-;/m1./s1. The Hall–Kier alpha value is -4.62. The lowest BCUT2D eigenvalue weighted by Crippen LogP contribution is -2.61. The van der Waals surface area contributed by atoms with E-state index in [-0.39, 0.29) is 61.7 Å². The highest BCUT2D eigenvalue weighted by Gasteiger charge is 2.53. The average Bonchev–Trinajstić information content (AvgIpc) is 3.40. The number of carbonyl (C=O) groups excluding carboxylic acids is 6. The molecule has 0 spiro atoms. The Morgan fingerprint density at radius 1 is 0.882 bits per heavy atom. The predicted octanol–water partition coefficient (Wildman–Crippen LogP) is 7.93. The van der Waals surface area contributed by atoms with Crippen molar-refractivity contribution in [1.29, 1.82) is 0 Å². The second-order valence-electron chi connectivity index (χ2n) is 21.7. The van der Waals surface area contributed by atoms with Gasteiger partial charge in [-0.3, -0.25) is 24.2 Å². The number of ether oxygens (including phenoxy) is 6. The van der Waals surface area contributed by atoms with Crippen LogP contribution in [0.2, 0.25) is 0 Å². The highest BCUT2D eigenvalue weighted by molar-refractivity contribution is 6.39. The molecule has 1 saturated carbocycles. The zero-order chi connectivity index (χ0) is 55.0. The van der Waals surface area contributed by atoms with E-state index in [0.717, 1.165) is 11.1 Å². The topological polar surface area (TPSA) is 226 Å². The number of aliphatic hydroxyl groups is 2. The van der Waals surface area contributed by atoms with Gasteiger partial charge in [0, 0.05) is 77.4 Å². The van der Waals surface area contributed by atoms with E-state index in [9.17, 15) is 39.0 Å². The summed E-state index contributed by atoms with van der Waals surface area (Å²) in [5.74, 6) is -8.35. The molecule has 3 fully saturated rings. The zero-order valence-corrected chi connectivity index (χ0v) is 47.2. The van der Waals surface area contributed by atoms with Crippen LogP contribution in [0.4, 0.5) is 4.79 Å². The van der Waals surface area contributed by atoms with Crippen molar-refractivity contribution in [3.05, 3.63) is 77.7 Å². The molecule has 0 radical (unpaired) electrons. The molecule has 1 aromatic heterocycles. The van der Waals surface area contributed by atoms with E-state index in [0.29, 0.717) is 69.8 Å². The van der Waals surface area contributed by atoms with Crippen LogP contribution in [0.3, 0.4) is 0 Å². The van der Waals surface area contributed by atoms with E-state index in [1.54, 1.807) is 65.6 Å². The van der Waals surface area contributed by atoms with Crippen LogP contribution >= 0.6 is 12.4 Å². The molecule has 18 heteroatoms. The van der Waals surface area contributed by atoms with Crippen molar-refractivity contribution in [3.63, 3.8) is 0 Å². The van der Waals surface area contributed by atoms with E-state index in [2.05, 4.69) is 10.3 Å². The highest BCUT2D eigenvalue weighted by Crippen LogP contribution is 2.38. The molecular weight excluding hydrogens is 998 g/mol. The Kier molecular flexibility index (Phi) is 25.7. The van der Waals surface area contributed by atoms with Crippen LogP contribution in [0.5, 0.6) is 0 Å². The number of methoxy groups -OCH3 is 3. The van der Waals surface area contributed by atoms with Crippen molar-refractivity contribution in [2.24, 2.45) is 35.5 Å². The molecular formula is C58H86ClN3O14. The van der Waals surface area contributed by atoms with Gasteiger partial charge in [0.1, 0.15) is 36.2 Å². The molecule has 424 valence electrons. The number of fused-ring (bicyclic) bond motifs is 3. The Morgan fingerprint density at radius 3 is 2.29 bits per heavy atom. The van der Waals surface area contributed by atoms with Gasteiger partial charge in [-0.05, 0) is 125 Å². The SMILES string of the molecule is CO[C@H]1C[C@@H]2CC[C@@H](C)[C@@](O)(O2)C(=O)C(=O)N2CCCC[C@H]2C(=O)O[C@H]([C@H](C)CC2CC[C@H](OC(=O)NCc3ccncc3)[C@@H](OC)C2)CC(=O)[C@H](C)/C=C(\C)[C@@H](O)[C@@H](OC)C(=O)[C@H](C)C[C@H](C)\C=C/C=C/C=C/1C.Cl. The Bertz CT molecular complexity index is 2220. The van der Waals surface area contributed by atoms with Gasteiger partial charge < -0.3 is 48.9 Å². The van der Waals surface area contributed by atoms with Crippen LogP contribution in [0.25, 0.3) is 0 Å². The summed E-state index contributed by atoms with van der Waals surface area (Å²) < 4.78 is 35.7. The first-order chi connectivity index (χ1) is 35.7. The van der Waals surface area contributed by atoms with Crippen LogP contribution in [0.15, 0.2) is 72.1 Å². The number of Topliss-reactive ketones (excluding diaryl/α,β-unsaturated/α-hetero) is 3. The van der Waals surface area contributed by atoms with E-state index < -0.39 is 102 Å². The molecule has 4 heterocycles. The molecule has 0 aromatic carbocycles. The number of halogens is 1. The van der Waals surface area contributed by atoms with Crippen molar-refractivity contribution >= 4 is 47.7 Å².